The predicted octanol–water partition coefficient (Wildman–Crippen LogP) is 11.9. The summed E-state index contributed by atoms with van der Waals surface area (Å²) in [5, 5.41) is 0. The van der Waals surface area contributed by atoms with Crippen molar-refractivity contribution in [3.63, 3.8) is 0 Å². The maximum Gasteiger partial charge on any atom is 0.100 e. The van der Waals surface area contributed by atoms with Crippen LogP contribution in [-0.2, 0) is 0 Å². The molecule has 0 aliphatic rings. The number of nitrogens with zero attached hydrogens (tertiary/aromatic N) is 2. The molecule has 0 saturated heterocycles. The van der Waals surface area contributed by atoms with Crippen molar-refractivity contribution in [1.29, 1.82) is 0 Å². The largest absolute Gasteiger partial charge is 0.300 e. The van der Waals surface area contributed by atoms with Crippen molar-refractivity contribution in [3.8, 4) is 0 Å². The minimum atomic E-state index is 0.387. The van der Waals surface area contributed by atoms with E-state index in [1.807, 2.05) is 0 Å². The highest BCUT2D eigenvalue weighted by Gasteiger charge is 2.26. The van der Waals surface area contributed by atoms with Crippen molar-refractivity contribution in [2.24, 2.45) is 4.99 Å². The van der Waals surface area contributed by atoms with Crippen LogP contribution in [-0.4, -0.2) is 6.34 Å². The lowest BCUT2D eigenvalue weighted by molar-refractivity contribution is 0.818. The summed E-state index contributed by atoms with van der Waals surface area (Å²) in [6.07, 6.45) is 2.15. The van der Waals surface area contributed by atoms with Crippen LogP contribution in [0.1, 0.15) is 152 Å². The smallest absolute Gasteiger partial charge is 0.100 e. The summed E-state index contributed by atoms with van der Waals surface area (Å²) in [6, 6.07) is 20.4. The van der Waals surface area contributed by atoms with Crippen LogP contribution in [0.3, 0.4) is 0 Å². The lowest BCUT2D eigenvalue weighted by Gasteiger charge is -2.33. The molecule has 3 aromatic carbocycles. The molecule has 2 heteroatoms. The summed E-state index contributed by atoms with van der Waals surface area (Å²) >= 11 is 0. The zero-order valence-corrected chi connectivity index (χ0v) is 26.6. The Bertz CT molecular complexity index is 1130. The van der Waals surface area contributed by atoms with Crippen LogP contribution in [0.4, 0.5) is 17.1 Å². The van der Waals surface area contributed by atoms with E-state index in [2.05, 4.69) is 149 Å². The standard InChI is InChI=1S/C37H52N2/c1-23(2)29-16-13-17-30(24(3)4)35(29)38-22-39(36-31(25(5)6)18-14-19-32(36)26(7)8)37-33(27(9)10)20-15-21-34(37)28(11)12/h13-28H,1-12H3. The molecule has 0 unspecified atom stereocenters. The molecule has 0 saturated carbocycles. The monoisotopic (exact) mass is 524 g/mol. The third kappa shape index (κ3) is 6.65. The van der Waals surface area contributed by atoms with Crippen molar-refractivity contribution in [1.82, 2.24) is 0 Å². The summed E-state index contributed by atoms with van der Waals surface area (Å²) in [4.78, 5) is 7.86. The topological polar surface area (TPSA) is 15.6 Å². The van der Waals surface area contributed by atoms with Crippen molar-refractivity contribution in [2.75, 3.05) is 4.90 Å². The van der Waals surface area contributed by atoms with Gasteiger partial charge in [-0.05, 0) is 68.9 Å². The maximum atomic E-state index is 5.40. The van der Waals surface area contributed by atoms with Gasteiger partial charge in [0.05, 0.1) is 17.1 Å². The first kappa shape index (κ1) is 30.7. The molecule has 0 aromatic heterocycles. The first-order valence-corrected chi connectivity index (χ1v) is 15.1. The Morgan fingerprint density at radius 1 is 0.436 bits per heavy atom. The van der Waals surface area contributed by atoms with Gasteiger partial charge < -0.3 is 0 Å². The van der Waals surface area contributed by atoms with Crippen molar-refractivity contribution in [3.05, 3.63) is 88.0 Å². The highest BCUT2D eigenvalue weighted by Crippen LogP contribution is 2.44. The SMILES string of the molecule is CC(C)c1cccc(C(C)C)c1N=CN(c1c(C(C)C)cccc1C(C)C)c1c(C(C)C)cccc1C(C)C. The molecule has 3 rings (SSSR count). The fourth-order valence-electron chi connectivity index (χ4n) is 5.58. The number of anilines is 2. The van der Waals surface area contributed by atoms with Crippen LogP contribution < -0.4 is 4.90 Å². The first-order valence-electron chi connectivity index (χ1n) is 15.1. The van der Waals surface area contributed by atoms with Crippen LogP contribution in [0, 0.1) is 0 Å². The van der Waals surface area contributed by atoms with E-state index in [-0.39, 0.29) is 0 Å². The van der Waals surface area contributed by atoms with Crippen LogP contribution in [0.15, 0.2) is 59.6 Å². The predicted molar refractivity (Wildman–Crippen MR) is 174 cm³/mol. The molecule has 0 fully saturated rings. The molecule has 2 nitrogen and oxygen atoms in total. The Hall–Kier alpha value is -2.87. The zero-order valence-electron chi connectivity index (χ0n) is 26.6. The second-order valence-corrected chi connectivity index (χ2v) is 12.9. The van der Waals surface area contributed by atoms with E-state index in [1.54, 1.807) is 0 Å². The minimum absolute atomic E-state index is 0.387. The molecule has 0 aliphatic heterocycles. The Balaban J connectivity index is 2.48. The van der Waals surface area contributed by atoms with Crippen LogP contribution >= 0.6 is 0 Å². The lowest BCUT2D eigenvalue weighted by atomic mass is 9.88. The van der Waals surface area contributed by atoms with Gasteiger partial charge in [0.25, 0.3) is 0 Å². The minimum Gasteiger partial charge on any atom is -0.300 e. The molecular weight excluding hydrogens is 472 g/mol. The Kier molecular flexibility index (Phi) is 10.2. The third-order valence-corrected chi connectivity index (χ3v) is 7.81. The molecule has 0 atom stereocenters. The van der Waals surface area contributed by atoms with Gasteiger partial charge in [0.1, 0.15) is 6.34 Å². The average molecular weight is 525 g/mol. The van der Waals surface area contributed by atoms with Gasteiger partial charge in [-0.3, -0.25) is 4.90 Å². The number of hydrogen-bond acceptors (Lipinski definition) is 1. The number of rotatable bonds is 10. The summed E-state index contributed by atoms with van der Waals surface area (Å²) in [7, 11) is 0. The zero-order chi connectivity index (χ0) is 29.0. The van der Waals surface area contributed by atoms with E-state index in [0.29, 0.717) is 35.5 Å². The molecule has 0 spiro atoms. The van der Waals surface area contributed by atoms with Gasteiger partial charge in [0.15, 0.2) is 0 Å². The Labute approximate surface area is 239 Å². The molecular formula is C37H52N2. The molecule has 0 N–H and O–H groups in total. The molecule has 210 valence electrons. The second-order valence-electron chi connectivity index (χ2n) is 12.9. The lowest BCUT2D eigenvalue weighted by Crippen LogP contribution is -2.23. The summed E-state index contributed by atoms with van der Waals surface area (Å²) in [5.74, 6) is 2.34. The van der Waals surface area contributed by atoms with E-state index in [4.69, 9.17) is 4.99 Å². The Morgan fingerprint density at radius 2 is 0.692 bits per heavy atom. The number of benzene rings is 3. The third-order valence-electron chi connectivity index (χ3n) is 7.81. The van der Waals surface area contributed by atoms with E-state index < -0.39 is 0 Å². The van der Waals surface area contributed by atoms with Gasteiger partial charge in [-0.25, -0.2) is 4.99 Å². The molecule has 0 heterocycles. The molecule has 0 amide bonds. The van der Waals surface area contributed by atoms with Crippen LogP contribution in [0.25, 0.3) is 0 Å². The summed E-state index contributed by atoms with van der Waals surface area (Å²) in [6.45, 7) is 27.5. The highest BCUT2D eigenvalue weighted by atomic mass is 15.2. The van der Waals surface area contributed by atoms with E-state index >= 15 is 0 Å². The molecule has 0 aliphatic carbocycles. The van der Waals surface area contributed by atoms with E-state index in [9.17, 15) is 0 Å². The van der Waals surface area contributed by atoms with Gasteiger partial charge >= 0.3 is 0 Å². The molecule has 0 radical (unpaired) electrons. The van der Waals surface area contributed by atoms with Crippen molar-refractivity contribution >= 4 is 23.4 Å². The van der Waals surface area contributed by atoms with Gasteiger partial charge in [-0.2, -0.15) is 0 Å². The molecule has 39 heavy (non-hydrogen) atoms. The second kappa shape index (κ2) is 13.0. The van der Waals surface area contributed by atoms with Crippen molar-refractivity contribution < 1.29 is 0 Å². The Morgan fingerprint density at radius 3 is 0.949 bits per heavy atom. The molecule has 3 aromatic rings. The number of aliphatic imine (C=N–C) groups is 1. The maximum absolute atomic E-state index is 5.40. The summed E-state index contributed by atoms with van der Waals surface area (Å²) < 4.78 is 0. The van der Waals surface area contributed by atoms with Gasteiger partial charge in [-0.1, -0.05) is 138 Å². The normalized spacial score (nSPS) is 12.4. The van der Waals surface area contributed by atoms with Crippen LogP contribution in [0.2, 0.25) is 0 Å². The first-order chi connectivity index (χ1) is 18.4. The van der Waals surface area contributed by atoms with Crippen molar-refractivity contribution in [2.45, 2.75) is 119 Å². The quantitative estimate of drug-likeness (QED) is 0.190. The number of para-hydroxylation sites is 3. The summed E-state index contributed by atoms with van der Waals surface area (Å²) in [5.41, 5.74) is 11.8. The van der Waals surface area contributed by atoms with Gasteiger partial charge in [0, 0.05) is 0 Å². The fourth-order valence-corrected chi connectivity index (χ4v) is 5.58. The average Bonchev–Trinajstić information content (AvgIpc) is 2.87. The van der Waals surface area contributed by atoms with Gasteiger partial charge in [0.2, 0.25) is 0 Å². The fraction of sp³-hybridized carbons (Fsp3) is 0.486. The van der Waals surface area contributed by atoms with Gasteiger partial charge in [-0.15, -0.1) is 0 Å². The van der Waals surface area contributed by atoms with E-state index in [0.717, 1.165) is 5.69 Å². The van der Waals surface area contributed by atoms with E-state index in [1.165, 1.54) is 44.8 Å². The van der Waals surface area contributed by atoms with Crippen LogP contribution in [0.5, 0.6) is 0 Å². The molecule has 0 bridgehead atoms. The number of hydrogen-bond donors (Lipinski definition) is 0. The highest BCUT2D eigenvalue weighted by molar-refractivity contribution is 5.96.